The van der Waals surface area contributed by atoms with Crippen molar-refractivity contribution >= 4 is 5.97 Å². The maximum atomic E-state index is 12.0. The molecule has 1 atom stereocenters. The van der Waals surface area contributed by atoms with E-state index in [1.165, 1.54) is 4.80 Å². The number of hydrogen-bond acceptors (Lipinski definition) is 6. The maximum Gasteiger partial charge on any atom is 0.317 e. The van der Waals surface area contributed by atoms with Crippen LogP contribution in [0.15, 0.2) is 12.5 Å². The molecule has 114 valence electrons. The Morgan fingerprint density at radius 2 is 2.14 bits per heavy atom. The van der Waals surface area contributed by atoms with E-state index in [0.29, 0.717) is 19.0 Å². The Labute approximate surface area is 123 Å². The minimum Gasteiger partial charge on any atom is -0.465 e. The molecular weight excluding hydrogens is 272 g/mol. The summed E-state index contributed by atoms with van der Waals surface area (Å²) in [5.74, 6) is -0.193. The van der Waals surface area contributed by atoms with E-state index in [-0.39, 0.29) is 11.9 Å². The summed E-state index contributed by atoms with van der Waals surface area (Å²) in [6, 6.07) is 0. The van der Waals surface area contributed by atoms with Crippen LogP contribution in [0.1, 0.15) is 38.2 Å². The van der Waals surface area contributed by atoms with Gasteiger partial charge in [-0.25, -0.2) is 9.67 Å². The van der Waals surface area contributed by atoms with Crippen LogP contribution >= 0.6 is 0 Å². The molecule has 2 aromatic rings. The van der Waals surface area contributed by atoms with E-state index in [9.17, 15) is 4.79 Å². The third kappa shape index (κ3) is 3.65. The van der Waals surface area contributed by atoms with Gasteiger partial charge in [0.1, 0.15) is 17.9 Å². The van der Waals surface area contributed by atoms with E-state index in [1.54, 1.807) is 31.2 Å². The fourth-order valence-corrected chi connectivity index (χ4v) is 2.06. The van der Waals surface area contributed by atoms with E-state index < -0.39 is 5.92 Å². The first-order chi connectivity index (χ1) is 10.0. The average molecular weight is 292 g/mol. The van der Waals surface area contributed by atoms with Gasteiger partial charge in [-0.2, -0.15) is 20.1 Å². The van der Waals surface area contributed by atoms with Crippen LogP contribution in [0.2, 0.25) is 0 Å². The molecule has 0 N–H and O–H groups in total. The third-order valence-electron chi connectivity index (χ3n) is 3.01. The van der Waals surface area contributed by atoms with Crippen LogP contribution in [-0.2, 0) is 23.1 Å². The van der Waals surface area contributed by atoms with Crippen molar-refractivity contribution in [3.05, 3.63) is 24.0 Å². The van der Waals surface area contributed by atoms with Crippen molar-refractivity contribution in [2.24, 2.45) is 13.0 Å². The zero-order valence-electron chi connectivity index (χ0n) is 12.7. The lowest BCUT2D eigenvalue weighted by molar-refractivity contribution is -0.146. The Morgan fingerprint density at radius 1 is 1.38 bits per heavy atom. The van der Waals surface area contributed by atoms with Gasteiger partial charge in [-0.3, -0.25) is 4.79 Å². The molecule has 0 radical (unpaired) electrons. The molecule has 0 fully saturated rings. The monoisotopic (exact) mass is 292 g/mol. The van der Waals surface area contributed by atoms with Crippen molar-refractivity contribution in [1.82, 2.24) is 29.8 Å². The van der Waals surface area contributed by atoms with Crippen LogP contribution in [0.3, 0.4) is 0 Å². The van der Waals surface area contributed by atoms with Crippen molar-refractivity contribution < 1.29 is 9.53 Å². The van der Waals surface area contributed by atoms with E-state index in [1.807, 2.05) is 13.8 Å². The van der Waals surface area contributed by atoms with E-state index in [0.717, 1.165) is 5.69 Å². The van der Waals surface area contributed by atoms with Gasteiger partial charge in [-0.05, 0) is 12.8 Å². The van der Waals surface area contributed by atoms with Crippen molar-refractivity contribution in [2.45, 2.75) is 33.2 Å². The molecule has 1 unspecified atom stereocenters. The number of aromatic nitrogens is 6. The summed E-state index contributed by atoms with van der Waals surface area (Å²) in [6.07, 6.45) is 3.27. The topological polar surface area (TPSA) is 87.7 Å². The minimum atomic E-state index is -0.451. The molecule has 0 aromatic carbocycles. The Balaban J connectivity index is 2.14. The number of carbonyl (C=O) groups is 1. The molecule has 0 saturated heterocycles. The Kier molecular flexibility index (Phi) is 4.66. The zero-order chi connectivity index (χ0) is 15.4. The van der Waals surface area contributed by atoms with Gasteiger partial charge < -0.3 is 4.74 Å². The second kappa shape index (κ2) is 6.47. The number of ether oxygens (including phenoxy) is 1. The predicted octanol–water partition coefficient (Wildman–Crippen LogP) is 0.758. The molecule has 0 amide bonds. The van der Waals surface area contributed by atoms with Gasteiger partial charge in [0.15, 0.2) is 5.82 Å². The van der Waals surface area contributed by atoms with Crippen LogP contribution in [0.25, 0.3) is 0 Å². The number of esters is 1. The highest BCUT2D eigenvalue weighted by atomic mass is 16.5. The smallest absolute Gasteiger partial charge is 0.317 e. The standard InChI is InChI=1S/C13H20N6O2/c1-5-21-13(20)11(9(2)3)12-14-8-19(17-12)7-10-6-15-18(4)16-10/h6,8-9,11H,5,7H2,1-4H3. The lowest BCUT2D eigenvalue weighted by Gasteiger charge is -2.15. The summed E-state index contributed by atoms with van der Waals surface area (Å²) in [5, 5.41) is 12.6. The molecule has 8 heteroatoms. The van der Waals surface area contributed by atoms with Crippen molar-refractivity contribution in [3.8, 4) is 0 Å². The van der Waals surface area contributed by atoms with Crippen molar-refractivity contribution in [2.75, 3.05) is 6.61 Å². The number of nitrogens with zero attached hydrogens (tertiary/aromatic N) is 6. The van der Waals surface area contributed by atoms with E-state index >= 15 is 0 Å². The van der Waals surface area contributed by atoms with Gasteiger partial charge in [-0.1, -0.05) is 13.8 Å². The highest BCUT2D eigenvalue weighted by Gasteiger charge is 2.29. The summed E-state index contributed by atoms with van der Waals surface area (Å²) in [7, 11) is 1.76. The van der Waals surface area contributed by atoms with Crippen molar-refractivity contribution in [1.29, 1.82) is 0 Å². The van der Waals surface area contributed by atoms with Gasteiger partial charge in [0.2, 0.25) is 0 Å². The van der Waals surface area contributed by atoms with Crippen LogP contribution in [0.4, 0.5) is 0 Å². The van der Waals surface area contributed by atoms with Gasteiger partial charge in [0.25, 0.3) is 0 Å². The Hall–Kier alpha value is -2.25. The molecule has 0 aliphatic heterocycles. The number of rotatable bonds is 6. The highest BCUT2D eigenvalue weighted by molar-refractivity contribution is 5.77. The summed E-state index contributed by atoms with van der Waals surface area (Å²) < 4.78 is 6.74. The van der Waals surface area contributed by atoms with Crippen LogP contribution in [-0.4, -0.2) is 42.3 Å². The second-order valence-corrected chi connectivity index (χ2v) is 5.10. The van der Waals surface area contributed by atoms with Crippen LogP contribution < -0.4 is 0 Å². The minimum absolute atomic E-state index is 0.0661. The maximum absolute atomic E-state index is 12.0. The van der Waals surface area contributed by atoms with Crippen molar-refractivity contribution in [3.63, 3.8) is 0 Å². The van der Waals surface area contributed by atoms with Gasteiger partial charge in [0.05, 0.1) is 19.3 Å². The molecule has 0 spiro atoms. The van der Waals surface area contributed by atoms with Crippen LogP contribution in [0, 0.1) is 5.92 Å². The molecule has 2 rings (SSSR count). The molecular formula is C13H20N6O2. The van der Waals surface area contributed by atoms with Gasteiger partial charge >= 0.3 is 5.97 Å². The largest absolute Gasteiger partial charge is 0.465 e. The Morgan fingerprint density at radius 3 is 2.71 bits per heavy atom. The molecule has 0 aliphatic carbocycles. The lowest BCUT2D eigenvalue weighted by Crippen LogP contribution is -2.22. The number of hydrogen-bond donors (Lipinski definition) is 0. The van der Waals surface area contributed by atoms with Crippen LogP contribution in [0.5, 0.6) is 0 Å². The molecule has 2 aromatic heterocycles. The summed E-state index contributed by atoms with van der Waals surface area (Å²) >= 11 is 0. The highest BCUT2D eigenvalue weighted by Crippen LogP contribution is 2.22. The first-order valence-electron chi connectivity index (χ1n) is 6.92. The lowest BCUT2D eigenvalue weighted by atomic mass is 9.95. The first kappa shape index (κ1) is 15.1. The fourth-order valence-electron chi connectivity index (χ4n) is 2.06. The SMILES string of the molecule is CCOC(=O)C(c1ncn(Cc2cnn(C)n2)n1)C(C)C. The predicted molar refractivity (Wildman–Crippen MR) is 74.3 cm³/mol. The molecule has 2 heterocycles. The molecule has 0 aliphatic rings. The van der Waals surface area contributed by atoms with Gasteiger partial charge in [0, 0.05) is 7.05 Å². The summed E-state index contributed by atoms with van der Waals surface area (Å²) in [5.41, 5.74) is 0.784. The van der Waals surface area contributed by atoms with E-state index in [4.69, 9.17) is 4.74 Å². The second-order valence-electron chi connectivity index (χ2n) is 5.10. The van der Waals surface area contributed by atoms with E-state index in [2.05, 4.69) is 20.3 Å². The normalized spacial score (nSPS) is 12.6. The Bertz CT molecular complexity index is 603. The number of carbonyl (C=O) groups excluding carboxylic acids is 1. The number of aryl methyl sites for hydroxylation is 1. The molecule has 21 heavy (non-hydrogen) atoms. The quantitative estimate of drug-likeness (QED) is 0.730. The third-order valence-corrected chi connectivity index (χ3v) is 3.01. The van der Waals surface area contributed by atoms with Gasteiger partial charge in [-0.15, -0.1) is 0 Å². The summed E-state index contributed by atoms with van der Waals surface area (Å²) in [4.78, 5) is 17.7. The average Bonchev–Trinajstić information content (AvgIpc) is 3.00. The zero-order valence-corrected chi connectivity index (χ0v) is 12.7. The molecule has 0 bridgehead atoms. The molecule has 0 saturated carbocycles. The summed E-state index contributed by atoms with van der Waals surface area (Å²) in [6.45, 7) is 6.50. The molecule has 8 nitrogen and oxygen atoms in total. The first-order valence-corrected chi connectivity index (χ1v) is 6.92. The fraction of sp³-hybridized carbons (Fsp3) is 0.615.